The lowest BCUT2D eigenvalue weighted by Gasteiger charge is -2.38. The van der Waals surface area contributed by atoms with E-state index in [0.29, 0.717) is 17.9 Å². The summed E-state index contributed by atoms with van der Waals surface area (Å²) in [6.07, 6.45) is 7.16. The van der Waals surface area contributed by atoms with Crippen molar-refractivity contribution in [1.82, 2.24) is 10.2 Å². The van der Waals surface area contributed by atoms with Gasteiger partial charge in [-0.3, -0.25) is 4.90 Å². The van der Waals surface area contributed by atoms with E-state index in [1.165, 1.54) is 32.1 Å². The van der Waals surface area contributed by atoms with Crippen molar-refractivity contribution in [3.63, 3.8) is 0 Å². The Hall–Kier alpha value is -0.160. The molecule has 1 saturated heterocycles. The Bertz CT molecular complexity index is 292. The van der Waals surface area contributed by atoms with Crippen LogP contribution in [0.25, 0.3) is 0 Å². The summed E-state index contributed by atoms with van der Waals surface area (Å²) in [5.74, 6) is 1.18. The van der Waals surface area contributed by atoms with Crippen LogP contribution < -0.4 is 5.32 Å². The monoisotopic (exact) mass is 268 g/mol. The Morgan fingerprint density at radius 1 is 1.11 bits per heavy atom. The number of aliphatic hydroxyl groups is 2. The number of likely N-dealkylation sites (tertiary alicyclic amines) is 1. The van der Waals surface area contributed by atoms with Crippen molar-refractivity contribution in [3.05, 3.63) is 0 Å². The van der Waals surface area contributed by atoms with Crippen LogP contribution in [0.5, 0.6) is 0 Å². The number of aliphatic hydroxyl groups excluding tert-OH is 2. The second kappa shape index (κ2) is 6.08. The fourth-order valence-corrected chi connectivity index (χ4v) is 3.52. The highest BCUT2D eigenvalue weighted by molar-refractivity contribution is 4.92. The lowest BCUT2D eigenvalue weighted by atomic mass is 9.88. The summed E-state index contributed by atoms with van der Waals surface area (Å²) >= 11 is 0. The van der Waals surface area contributed by atoms with Crippen LogP contribution in [0.3, 0.4) is 0 Å². The van der Waals surface area contributed by atoms with Gasteiger partial charge in [-0.1, -0.05) is 0 Å². The molecule has 0 aromatic heterocycles. The lowest BCUT2D eigenvalue weighted by molar-refractivity contribution is 0.0671. The molecule has 19 heavy (non-hydrogen) atoms. The fourth-order valence-electron chi connectivity index (χ4n) is 3.52. The molecule has 4 nitrogen and oxygen atoms in total. The zero-order chi connectivity index (χ0) is 13.2. The topological polar surface area (TPSA) is 55.7 Å². The maximum atomic E-state index is 10.1. The minimum absolute atomic E-state index is 0.0827. The van der Waals surface area contributed by atoms with Crippen molar-refractivity contribution < 1.29 is 10.2 Å². The molecule has 2 saturated carbocycles. The molecule has 0 spiro atoms. The van der Waals surface area contributed by atoms with Crippen molar-refractivity contribution in [2.75, 3.05) is 26.2 Å². The Morgan fingerprint density at radius 3 is 2.53 bits per heavy atom. The molecule has 3 atom stereocenters. The SMILES string of the molecule is OCCN1CC(CC(O)C2CC2)CC(NC2CC2)C1. The molecule has 3 rings (SSSR count). The van der Waals surface area contributed by atoms with E-state index in [1.807, 2.05) is 0 Å². The third-order valence-corrected chi connectivity index (χ3v) is 4.82. The molecule has 1 aliphatic heterocycles. The lowest BCUT2D eigenvalue weighted by Crippen LogP contribution is -2.51. The highest BCUT2D eigenvalue weighted by Gasteiger charge is 2.35. The third-order valence-electron chi connectivity index (χ3n) is 4.82. The standard InChI is InChI=1S/C15H28N2O2/c18-6-5-17-9-11(8-15(19)12-1-2-12)7-14(10-17)16-13-3-4-13/h11-16,18-19H,1-10H2. The van der Waals surface area contributed by atoms with E-state index in [-0.39, 0.29) is 12.7 Å². The summed E-state index contributed by atoms with van der Waals surface area (Å²) in [6, 6.07) is 1.30. The van der Waals surface area contributed by atoms with Crippen molar-refractivity contribution in [2.45, 2.75) is 56.7 Å². The first-order valence-electron chi connectivity index (χ1n) is 8.02. The number of hydrogen-bond donors (Lipinski definition) is 3. The molecular formula is C15H28N2O2. The Balaban J connectivity index is 1.51. The van der Waals surface area contributed by atoms with Crippen molar-refractivity contribution >= 4 is 0 Å². The van der Waals surface area contributed by atoms with Crippen LogP contribution in [0.1, 0.15) is 38.5 Å². The maximum absolute atomic E-state index is 10.1. The first-order chi connectivity index (χ1) is 9.24. The number of hydrogen-bond acceptors (Lipinski definition) is 4. The molecule has 0 aromatic rings. The summed E-state index contributed by atoms with van der Waals surface area (Å²) in [5, 5.41) is 23.0. The van der Waals surface area contributed by atoms with Gasteiger partial charge in [-0.2, -0.15) is 0 Å². The molecule has 0 radical (unpaired) electrons. The predicted octanol–water partition coefficient (Wildman–Crippen LogP) is 0.582. The predicted molar refractivity (Wildman–Crippen MR) is 74.9 cm³/mol. The van der Waals surface area contributed by atoms with Gasteiger partial charge < -0.3 is 15.5 Å². The molecule has 1 heterocycles. The van der Waals surface area contributed by atoms with Gasteiger partial charge in [0.05, 0.1) is 12.7 Å². The van der Waals surface area contributed by atoms with Crippen LogP contribution in [0, 0.1) is 11.8 Å². The van der Waals surface area contributed by atoms with E-state index >= 15 is 0 Å². The number of β-amino-alcohol motifs (C(OH)–C–C–N with tert-alkyl or cyclic N) is 1. The minimum Gasteiger partial charge on any atom is -0.395 e. The van der Waals surface area contributed by atoms with Crippen LogP contribution in [-0.2, 0) is 0 Å². The van der Waals surface area contributed by atoms with E-state index in [1.54, 1.807) is 0 Å². The largest absolute Gasteiger partial charge is 0.395 e. The molecule has 3 N–H and O–H groups in total. The first-order valence-corrected chi connectivity index (χ1v) is 8.02. The van der Waals surface area contributed by atoms with Crippen molar-refractivity contribution in [3.8, 4) is 0 Å². The maximum Gasteiger partial charge on any atom is 0.0571 e. The van der Waals surface area contributed by atoms with Gasteiger partial charge in [0.2, 0.25) is 0 Å². The van der Waals surface area contributed by atoms with Crippen LogP contribution in [0.2, 0.25) is 0 Å². The normalized spacial score (nSPS) is 34.4. The van der Waals surface area contributed by atoms with Gasteiger partial charge in [0.15, 0.2) is 0 Å². The molecule has 3 aliphatic rings. The van der Waals surface area contributed by atoms with Crippen molar-refractivity contribution in [1.29, 1.82) is 0 Å². The molecule has 0 amide bonds. The van der Waals surface area contributed by atoms with Gasteiger partial charge in [0.25, 0.3) is 0 Å². The Labute approximate surface area is 116 Å². The average Bonchev–Trinajstić information content (AvgIpc) is 3.24. The molecule has 110 valence electrons. The zero-order valence-corrected chi connectivity index (χ0v) is 11.8. The summed E-state index contributed by atoms with van der Waals surface area (Å²) in [4.78, 5) is 2.37. The Morgan fingerprint density at radius 2 is 1.89 bits per heavy atom. The zero-order valence-electron chi connectivity index (χ0n) is 11.8. The van der Waals surface area contributed by atoms with Gasteiger partial charge >= 0.3 is 0 Å². The summed E-state index contributed by atoms with van der Waals surface area (Å²) in [7, 11) is 0. The molecule has 2 aliphatic carbocycles. The number of rotatable bonds is 7. The second-order valence-corrected chi connectivity index (χ2v) is 6.86. The molecule has 3 unspecified atom stereocenters. The van der Waals surface area contributed by atoms with Gasteiger partial charge in [-0.15, -0.1) is 0 Å². The van der Waals surface area contributed by atoms with E-state index in [4.69, 9.17) is 5.11 Å². The van der Waals surface area contributed by atoms with Crippen molar-refractivity contribution in [2.24, 2.45) is 11.8 Å². The highest BCUT2D eigenvalue weighted by Crippen LogP contribution is 2.36. The van der Waals surface area contributed by atoms with E-state index in [9.17, 15) is 5.11 Å². The van der Waals surface area contributed by atoms with Crippen LogP contribution in [0.4, 0.5) is 0 Å². The van der Waals surface area contributed by atoms with E-state index in [2.05, 4.69) is 10.2 Å². The number of piperidine rings is 1. The van der Waals surface area contributed by atoms with Crippen LogP contribution in [-0.4, -0.2) is 59.5 Å². The van der Waals surface area contributed by atoms with Gasteiger partial charge in [-0.25, -0.2) is 0 Å². The van der Waals surface area contributed by atoms with Crippen LogP contribution >= 0.6 is 0 Å². The third kappa shape index (κ3) is 4.15. The first kappa shape index (κ1) is 13.8. The van der Waals surface area contributed by atoms with Gasteiger partial charge in [-0.05, 0) is 50.4 Å². The smallest absolute Gasteiger partial charge is 0.0571 e. The molecule has 4 heteroatoms. The number of nitrogens with one attached hydrogen (secondary N) is 1. The van der Waals surface area contributed by atoms with Gasteiger partial charge in [0.1, 0.15) is 0 Å². The molecule has 0 bridgehead atoms. The van der Waals surface area contributed by atoms with Gasteiger partial charge in [0, 0.05) is 31.7 Å². The summed E-state index contributed by atoms with van der Waals surface area (Å²) in [5.41, 5.74) is 0. The minimum atomic E-state index is -0.0827. The van der Waals surface area contributed by atoms with E-state index < -0.39 is 0 Å². The molecule has 0 aromatic carbocycles. The number of nitrogens with zero attached hydrogens (tertiary/aromatic N) is 1. The average molecular weight is 268 g/mol. The summed E-state index contributed by atoms with van der Waals surface area (Å²) < 4.78 is 0. The molecular weight excluding hydrogens is 240 g/mol. The second-order valence-electron chi connectivity index (χ2n) is 6.86. The highest BCUT2D eigenvalue weighted by atomic mass is 16.3. The van der Waals surface area contributed by atoms with E-state index in [0.717, 1.165) is 32.1 Å². The Kier molecular flexibility index (Phi) is 4.42. The fraction of sp³-hybridized carbons (Fsp3) is 1.00. The summed E-state index contributed by atoms with van der Waals surface area (Å²) in [6.45, 7) is 3.13. The van der Waals surface area contributed by atoms with Crippen LogP contribution in [0.15, 0.2) is 0 Å². The quantitative estimate of drug-likeness (QED) is 0.632. The molecule has 3 fully saturated rings.